The summed E-state index contributed by atoms with van der Waals surface area (Å²) in [6.07, 6.45) is 0. The van der Waals surface area contributed by atoms with E-state index in [4.69, 9.17) is 12.2 Å². The highest BCUT2D eigenvalue weighted by atomic mass is 32.1. The highest BCUT2D eigenvalue weighted by Gasteiger charge is 2.32. The van der Waals surface area contributed by atoms with Crippen LogP contribution in [0.3, 0.4) is 0 Å². The number of aromatic hydroxyl groups is 1. The van der Waals surface area contributed by atoms with Crippen LogP contribution >= 0.6 is 12.2 Å². The van der Waals surface area contributed by atoms with Gasteiger partial charge in [0, 0.05) is 19.5 Å². The fourth-order valence-corrected chi connectivity index (χ4v) is 2.41. The molecule has 1 aromatic heterocycles. The van der Waals surface area contributed by atoms with Gasteiger partial charge >= 0.3 is 0 Å². The number of hydrogen-bond acceptors (Lipinski definition) is 3. The van der Waals surface area contributed by atoms with E-state index in [-0.39, 0.29) is 22.6 Å². The molecule has 3 rings (SSSR count). The maximum Gasteiger partial charge on any atom is 0.279 e. The number of amides is 1. The number of carbonyl (C=O) groups is 1. The molecule has 6 heteroatoms. The van der Waals surface area contributed by atoms with Crippen molar-refractivity contribution in [2.24, 2.45) is 12.0 Å². The molecule has 1 aliphatic rings. The predicted molar refractivity (Wildman–Crippen MR) is 76.5 cm³/mol. The highest BCUT2D eigenvalue weighted by Crippen LogP contribution is 2.32. The van der Waals surface area contributed by atoms with Crippen molar-refractivity contribution in [2.45, 2.75) is 0 Å². The largest absolute Gasteiger partial charge is 0.494 e. The Bertz CT molecular complexity index is 761. The molecule has 0 spiro atoms. The van der Waals surface area contributed by atoms with Crippen LogP contribution < -0.4 is 0 Å². The number of hydrogen-bond donors (Lipinski definition) is 1. The number of aliphatic imine (C=N–C) groups is 1. The monoisotopic (exact) mass is 273 g/mol. The molecule has 1 N–H and O–H groups in total. The van der Waals surface area contributed by atoms with E-state index >= 15 is 0 Å². The first kappa shape index (κ1) is 11.9. The summed E-state index contributed by atoms with van der Waals surface area (Å²) in [5.41, 5.74) is 1.47. The van der Waals surface area contributed by atoms with Gasteiger partial charge in [-0.1, -0.05) is 18.2 Å². The summed E-state index contributed by atoms with van der Waals surface area (Å²) in [6.45, 7) is 0. The van der Waals surface area contributed by atoms with Crippen LogP contribution in [0.2, 0.25) is 0 Å². The first-order valence-electron chi connectivity index (χ1n) is 5.70. The zero-order valence-electron chi connectivity index (χ0n) is 10.4. The lowest BCUT2D eigenvalue weighted by molar-refractivity contribution is -0.119. The Morgan fingerprint density at radius 1 is 1.26 bits per heavy atom. The van der Waals surface area contributed by atoms with Gasteiger partial charge in [-0.25, -0.2) is 4.99 Å². The van der Waals surface area contributed by atoms with Gasteiger partial charge in [-0.15, -0.1) is 0 Å². The predicted octanol–water partition coefficient (Wildman–Crippen LogP) is 1.43. The molecule has 19 heavy (non-hydrogen) atoms. The van der Waals surface area contributed by atoms with E-state index in [1.807, 2.05) is 24.3 Å². The van der Waals surface area contributed by atoms with Crippen LogP contribution in [0.15, 0.2) is 29.3 Å². The van der Waals surface area contributed by atoms with Crippen LogP contribution in [0.1, 0.15) is 5.56 Å². The standard InChI is InChI=1S/C13H11N3O2S/c1-15-8-6-4-3-5-7(8)9(11(15)17)10-12(18)16(2)13(19)14-10/h3-6,17H,1-2H3. The zero-order chi connectivity index (χ0) is 13.7. The lowest BCUT2D eigenvalue weighted by atomic mass is 10.1. The van der Waals surface area contributed by atoms with Gasteiger partial charge < -0.3 is 9.67 Å². The molecule has 0 bridgehead atoms. The average molecular weight is 273 g/mol. The maximum atomic E-state index is 12.1. The number of aryl methyl sites for hydroxylation is 1. The molecular weight excluding hydrogens is 262 g/mol. The molecule has 1 aromatic carbocycles. The van der Waals surface area contributed by atoms with E-state index < -0.39 is 0 Å². The first-order valence-corrected chi connectivity index (χ1v) is 6.10. The molecule has 0 fully saturated rings. The van der Waals surface area contributed by atoms with Crippen LogP contribution in [0.5, 0.6) is 5.88 Å². The SMILES string of the molecule is CN1C(=O)C(c2c(O)n(C)c3ccccc23)=NC1=S. The number of benzene rings is 1. The van der Waals surface area contributed by atoms with Gasteiger partial charge in [0.05, 0.1) is 11.1 Å². The summed E-state index contributed by atoms with van der Waals surface area (Å²) in [6, 6.07) is 7.45. The Kier molecular flexibility index (Phi) is 2.43. The van der Waals surface area contributed by atoms with E-state index in [0.717, 1.165) is 10.9 Å². The van der Waals surface area contributed by atoms with Crippen LogP contribution in [-0.2, 0) is 11.8 Å². The molecule has 2 heterocycles. The van der Waals surface area contributed by atoms with Crippen molar-refractivity contribution >= 4 is 39.9 Å². The number of rotatable bonds is 1. The number of para-hydroxylation sites is 1. The molecule has 1 amide bonds. The molecule has 1 aliphatic heterocycles. The molecule has 0 saturated heterocycles. The molecule has 5 nitrogen and oxygen atoms in total. The Labute approximate surface area is 114 Å². The summed E-state index contributed by atoms with van der Waals surface area (Å²) in [4.78, 5) is 17.5. The van der Waals surface area contributed by atoms with Gasteiger partial charge in [-0.2, -0.15) is 0 Å². The first-order chi connectivity index (χ1) is 9.02. The lowest BCUT2D eigenvalue weighted by Crippen LogP contribution is -2.28. The van der Waals surface area contributed by atoms with Crippen LogP contribution in [-0.4, -0.2) is 38.4 Å². The van der Waals surface area contributed by atoms with Crippen molar-refractivity contribution in [3.8, 4) is 5.88 Å². The molecular formula is C13H11N3O2S. The summed E-state index contributed by atoms with van der Waals surface area (Å²) in [5.74, 6) is -0.275. The minimum absolute atomic E-state index is 0.0198. The van der Waals surface area contributed by atoms with Gasteiger partial charge in [-0.3, -0.25) is 9.69 Å². The van der Waals surface area contributed by atoms with Gasteiger partial charge in [0.15, 0.2) is 0 Å². The number of aromatic nitrogens is 1. The van der Waals surface area contributed by atoms with E-state index in [9.17, 15) is 9.90 Å². The fourth-order valence-electron chi connectivity index (χ4n) is 2.24. The third-order valence-corrected chi connectivity index (χ3v) is 3.68. The topological polar surface area (TPSA) is 57.8 Å². The van der Waals surface area contributed by atoms with E-state index in [2.05, 4.69) is 4.99 Å². The number of thiocarbonyl (C=S) groups is 1. The molecule has 2 aromatic rings. The molecule has 0 radical (unpaired) electrons. The summed E-state index contributed by atoms with van der Waals surface area (Å²) in [7, 11) is 3.31. The van der Waals surface area contributed by atoms with Crippen molar-refractivity contribution < 1.29 is 9.90 Å². The minimum atomic E-state index is -0.295. The minimum Gasteiger partial charge on any atom is -0.494 e. The zero-order valence-corrected chi connectivity index (χ0v) is 11.2. The quantitative estimate of drug-likeness (QED) is 0.800. The number of likely N-dealkylation sites (N-methyl/N-ethyl adjacent to an activating group) is 1. The molecule has 0 atom stereocenters. The van der Waals surface area contributed by atoms with E-state index in [0.29, 0.717) is 5.56 Å². The Morgan fingerprint density at radius 3 is 2.58 bits per heavy atom. The average Bonchev–Trinajstić information content (AvgIpc) is 2.80. The summed E-state index contributed by atoms with van der Waals surface area (Å²) < 4.78 is 1.63. The molecule has 0 aliphatic carbocycles. The summed E-state index contributed by atoms with van der Waals surface area (Å²) in [5, 5.41) is 11.2. The lowest BCUT2D eigenvalue weighted by Gasteiger charge is -2.05. The van der Waals surface area contributed by atoms with E-state index in [1.165, 1.54) is 4.90 Å². The third-order valence-electron chi connectivity index (χ3n) is 3.31. The van der Waals surface area contributed by atoms with Gasteiger partial charge in [0.1, 0.15) is 5.71 Å². The highest BCUT2D eigenvalue weighted by molar-refractivity contribution is 7.80. The van der Waals surface area contributed by atoms with Gasteiger partial charge in [0.2, 0.25) is 11.0 Å². The Morgan fingerprint density at radius 2 is 1.95 bits per heavy atom. The second-order valence-corrected chi connectivity index (χ2v) is 4.75. The number of nitrogens with zero attached hydrogens (tertiary/aromatic N) is 3. The Hall–Kier alpha value is -2.21. The van der Waals surface area contributed by atoms with Crippen LogP contribution in [0, 0.1) is 0 Å². The van der Waals surface area contributed by atoms with Crippen molar-refractivity contribution in [3.05, 3.63) is 29.8 Å². The van der Waals surface area contributed by atoms with Gasteiger partial charge in [0.25, 0.3) is 5.91 Å². The molecule has 0 saturated carbocycles. The second-order valence-electron chi connectivity index (χ2n) is 4.38. The van der Waals surface area contributed by atoms with Crippen molar-refractivity contribution in [1.29, 1.82) is 0 Å². The molecule has 96 valence electrons. The van der Waals surface area contributed by atoms with Crippen LogP contribution in [0.4, 0.5) is 0 Å². The number of carbonyl (C=O) groups excluding carboxylic acids is 1. The maximum absolute atomic E-state index is 12.1. The summed E-state index contributed by atoms with van der Waals surface area (Å²) >= 11 is 5.00. The van der Waals surface area contributed by atoms with Crippen molar-refractivity contribution in [3.63, 3.8) is 0 Å². The number of fused-ring (bicyclic) bond motifs is 1. The van der Waals surface area contributed by atoms with Crippen molar-refractivity contribution in [1.82, 2.24) is 9.47 Å². The van der Waals surface area contributed by atoms with Crippen LogP contribution in [0.25, 0.3) is 10.9 Å². The van der Waals surface area contributed by atoms with Crippen molar-refractivity contribution in [2.75, 3.05) is 7.05 Å². The second kappa shape index (κ2) is 3.89. The fraction of sp³-hybridized carbons (Fsp3) is 0.154. The smallest absolute Gasteiger partial charge is 0.279 e. The molecule has 0 unspecified atom stereocenters. The Balaban J connectivity index is 2.33. The third kappa shape index (κ3) is 1.50. The van der Waals surface area contributed by atoms with E-state index in [1.54, 1.807) is 18.7 Å². The van der Waals surface area contributed by atoms with Gasteiger partial charge in [-0.05, 0) is 18.3 Å². The normalized spacial score (nSPS) is 15.5.